The molecule has 1 amide bonds. The van der Waals surface area contributed by atoms with Gasteiger partial charge in [0.15, 0.2) is 0 Å². The van der Waals surface area contributed by atoms with Crippen LogP contribution in [0.3, 0.4) is 0 Å². The highest BCUT2D eigenvalue weighted by molar-refractivity contribution is 6.76. The second kappa shape index (κ2) is 11.2. The molecule has 5 heterocycles. The van der Waals surface area contributed by atoms with Crippen LogP contribution in [0.2, 0.25) is 25.7 Å². The van der Waals surface area contributed by atoms with Crippen LogP contribution in [0.5, 0.6) is 0 Å². The Morgan fingerprint density at radius 3 is 2.56 bits per heavy atom. The number of aromatic nitrogens is 7. The molecule has 0 radical (unpaired) electrons. The Morgan fingerprint density at radius 2 is 1.91 bits per heavy atom. The molecule has 12 nitrogen and oxygen atoms in total. The Balaban J connectivity index is 1.13. The number of carbonyl (C=O) groups excluding carboxylic acids is 1. The first-order valence-electron chi connectivity index (χ1n) is 14.6. The maximum Gasteiger partial charge on any atom is 0.411 e. The molecule has 0 atom stereocenters. The summed E-state index contributed by atoms with van der Waals surface area (Å²) in [6, 6.07) is 5.28. The molecule has 4 aromatic rings. The monoisotopic (exact) mass is 638 g/mol. The van der Waals surface area contributed by atoms with Gasteiger partial charge in [-0.1, -0.05) is 19.6 Å². The van der Waals surface area contributed by atoms with E-state index in [0.29, 0.717) is 37.9 Å². The Hall–Kier alpha value is -4.36. The van der Waals surface area contributed by atoms with Crippen LogP contribution in [0.15, 0.2) is 43.4 Å². The maximum absolute atomic E-state index is 13.2. The lowest BCUT2D eigenvalue weighted by Gasteiger charge is -2.49. The molecule has 0 aromatic carbocycles. The summed E-state index contributed by atoms with van der Waals surface area (Å²) in [6.45, 7) is 8.82. The number of nitriles is 1. The average Bonchev–Trinajstić information content (AvgIpc) is 3.41. The van der Waals surface area contributed by atoms with Crippen molar-refractivity contribution in [2.75, 3.05) is 24.6 Å². The topological polar surface area (TPSA) is 140 Å². The number of anilines is 1. The number of hydrogen-bond donors (Lipinski definition) is 1. The van der Waals surface area contributed by atoms with Crippen molar-refractivity contribution >= 4 is 30.8 Å². The predicted molar refractivity (Wildman–Crippen MR) is 161 cm³/mol. The lowest BCUT2D eigenvalue weighted by molar-refractivity contribution is -0.163. The fraction of sp³-hybridized carbons (Fsp3) is 0.483. The van der Waals surface area contributed by atoms with E-state index in [-0.39, 0.29) is 25.0 Å². The summed E-state index contributed by atoms with van der Waals surface area (Å²) in [7, 11) is -1.19. The van der Waals surface area contributed by atoms with Gasteiger partial charge in [0.25, 0.3) is 5.91 Å². The average molecular weight is 639 g/mol. The summed E-state index contributed by atoms with van der Waals surface area (Å²) in [6.07, 6.45) is 4.90. The van der Waals surface area contributed by atoms with Gasteiger partial charge >= 0.3 is 6.18 Å². The lowest BCUT2D eigenvalue weighted by atomic mass is 9.87. The highest BCUT2D eigenvalue weighted by Crippen LogP contribution is 2.49. The van der Waals surface area contributed by atoms with Gasteiger partial charge in [0.05, 0.1) is 36.8 Å². The van der Waals surface area contributed by atoms with Gasteiger partial charge in [-0.25, -0.2) is 19.9 Å². The van der Waals surface area contributed by atoms with Crippen molar-refractivity contribution in [2.45, 2.75) is 68.9 Å². The summed E-state index contributed by atoms with van der Waals surface area (Å²) in [5.41, 5.74) is -0.768. The lowest BCUT2D eigenvalue weighted by Crippen LogP contribution is -2.63. The number of nitrogens with one attached hydrogen (secondary N) is 1. The van der Waals surface area contributed by atoms with E-state index in [1.807, 2.05) is 27.9 Å². The van der Waals surface area contributed by atoms with Gasteiger partial charge in [0.2, 0.25) is 0 Å². The number of amides is 1. The molecular weight excluding hydrogens is 605 g/mol. The highest BCUT2D eigenvalue weighted by atomic mass is 28.3. The molecule has 1 N–H and O–H groups in total. The van der Waals surface area contributed by atoms with Gasteiger partial charge in [-0.15, -0.1) is 0 Å². The Labute approximate surface area is 258 Å². The van der Waals surface area contributed by atoms with Crippen LogP contribution in [0.4, 0.5) is 19.0 Å². The predicted octanol–water partition coefficient (Wildman–Crippen LogP) is 4.35. The third kappa shape index (κ3) is 6.01. The molecule has 2 fully saturated rings. The van der Waals surface area contributed by atoms with Gasteiger partial charge in [-0.3, -0.25) is 9.48 Å². The maximum atomic E-state index is 13.2. The molecule has 45 heavy (non-hydrogen) atoms. The van der Waals surface area contributed by atoms with Gasteiger partial charge in [-0.05, 0) is 25.0 Å². The first-order valence-corrected chi connectivity index (χ1v) is 18.3. The Bertz CT molecular complexity index is 1750. The third-order valence-electron chi connectivity index (χ3n) is 8.34. The van der Waals surface area contributed by atoms with Crippen molar-refractivity contribution in [3.05, 3.63) is 49.1 Å². The Morgan fingerprint density at radius 1 is 1.13 bits per heavy atom. The molecule has 6 rings (SSSR count). The normalized spacial score (nSPS) is 17.1. The zero-order chi connectivity index (χ0) is 32.0. The van der Waals surface area contributed by atoms with E-state index in [4.69, 9.17) is 4.74 Å². The molecule has 1 aliphatic heterocycles. The number of hydrogen-bond acceptors (Lipinski definition) is 9. The largest absolute Gasteiger partial charge is 0.411 e. The van der Waals surface area contributed by atoms with Crippen molar-refractivity contribution in [3.8, 4) is 17.3 Å². The van der Waals surface area contributed by atoms with Crippen LogP contribution >= 0.6 is 0 Å². The fourth-order valence-corrected chi connectivity index (χ4v) is 6.14. The molecule has 1 saturated carbocycles. The van der Waals surface area contributed by atoms with E-state index in [2.05, 4.69) is 56.1 Å². The van der Waals surface area contributed by atoms with E-state index in [0.717, 1.165) is 28.8 Å². The Kier molecular flexibility index (Phi) is 7.64. The molecule has 1 saturated heterocycles. The minimum Gasteiger partial charge on any atom is -0.361 e. The van der Waals surface area contributed by atoms with Crippen LogP contribution in [-0.4, -0.2) is 79.7 Å². The number of halogens is 3. The zero-order valence-electron chi connectivity index (χ0n) is 25.2. The van der Waals surface area contributed by atoms with Crippen molar-refractivity contribution in [3.63, 3.8) is 0 Å². The van der Waals surface area contributed by atoms with E-state index in [1.54, 1.807) is 10.9 Å². The first-order chi connectivity index (χ1) is 21.3. The molecule has 236 valence electrons. The van der Waals surface area contributed by atoms with Crippen molar-refractivity contribution < 1.29 is 22.7 Å². The molecule has 0 unspecified atom stereocenters. The van der Waals surface area contributed by atoms with Gasteiger partial charge in [0.1, 0.15) is 41.3 Å². The SMILES string of the molecule is C[Si](C)(C)CCOCn1ccc2c(-c3cnn(C4(CC#N)CN(c5cnc(C(=O)NC6(C(F)(F)F)CC6)cn5)C4)c3)ncnc21. The minimum atomic E-state index is -4.52. The number of carbonyl (C=O) groups is 1. The summed E-state index contributed by atoms with van der Waals surface area (Å²) in [4.78, 5) is 31.6. The standard InChI is InChI=1S/C29H33F3N10O2Si/c1-45(2,3)11-10-44-19-40-9-4-21-24(36-18-37-25(21)40)20-12-38-42(15-20)27(7-8-33)16-41(17-27)23-14-34-22(13-35-23)26(43)39-28(5-6-28)29(30,31)32/h4,9,12-15,18H,5-7,10-11,16-17,19H2,1-3H3,(H,39,43). The smallest absolute Gasteiger partial charge is 0.361 e. The van der Waals surface area contributed by atoms with E-state index in [9.17, 15) is 23.2 Å². The minimum absolute atomic E-state index is 0.152. The fourth-order valence-electron chi connectivity index (χ4n) is 5.38. The van der Waals surface area contributed by atoms with Gasteiger partial charge in [0, 0.05) is 51.1 Å². The molecule has 1 aliphatic carbocycles. The van der Waals surface area contributed by atoms with E-state index >= 15 is 0 Å². The molecule has 0 bridgehead atoms. The first kappa shape index (κ1) is 30.7. The van der Waals surface area contributed by atoms with E-state index < -0.39 is 31.2 Å². The molecular formula is C29H33F3N10O2Si. The summed E-state index contributed by atoms with van der Waals surface area (Å²) in [5.74, 6) is -0.477. The number of fused-ring (bicyclic) bond motifs is 1. The van der Waals surface area contributed by atoms with Crippen molar-refractivity contribution in [1.29, 1.82) is 5.26 Å². The van der Waals surface area contributed by atoms with Gasteiger partial charge in [-0.2, -0.15) is 23.5 Å². The number of ether oxygens (including phenoxy) is 1. The van der Waals surface area contributed by atoms with E-state index in [1.165, 1.54) is 12.5 Å². The number of rotatable bonds is 11. The molecule has 2 aliphatic rings. The molecule has 4 aromatic heterocycles. The van der Waals surface area contributed by atoms with Crippen LogP contribution in [0.25, 0.3) is 22.3 Å². The zero-order valence-corrected chi connectivity index (χ0v) is 26.2. The van der Waals surface area contributed by atoms with Crippen LogP contribution in [0.1, 0.15) is 29.8 Å². The molecule has 16 heteroatoms. The summed E-state index contributed by atoms with van der Waals surface area (Å²) >= 11 is 0. The number of nitrogens with zero attached hydrogens (tertiary/aromatic N) is 9. The van der Waals surface area contributed by atoms with Gasteiger partial charge < -0.3 is 19.5 Å². The summed E-state index contributed by atoms with van der Waals surface area (Å²) in [5, 5.41) is 17.2. The van der Waals surface area contributed by atoms with Crippen LogP contribution in [0, 0.1) is 11.3 Å². The molecule has 0 spiro atoms. The second-order valence-electron chi connectivity index (χ2n) is 13.0. The third-order valence-corrected chi connectivity index (χ3v) is 10.0. The second-order valence-corrected chi connectivity index (χ2v) is 18.6. The number of alkyl halides is 3. The van der Waals surface area contributed by atoms with Crippen molar-refractivity contribution in [1.82, 2.24) is 39.6 Å². The highest BCUT2D eigenvalue weighted by Gasteiger charge is 2.64. The summed E-state index contributed by atoms with van der Waals surface area (Å²) < 4.78 is 49.3. The van der Waals surface area contributed by atoms with Crippen LogP contribution < -0.4 is 10.2 Å². The van der Waals surface area contributed by atoms with Crippen LogP contribution in [-0.2, 0) is 17.0 Å². The quantitative estimate of drug-likeness (QED) is 0.188. The van der Waals surface area contributed by atoms with Crippen molar-refractivity contribution in [2.24, 2.45) is 0 Å².